The molecule has 2 aliphatic rings. The van der Waals surface area contributed by atoms with Crippen LogP contribution in [-0.2, 0) is 20.9 Å². The lowest BCUT2D eigenvalue weighted by Gasteiger charge is -2.36. The van der Waals surface area contributed by atoms with Crippen molar-refractivity contribution < 1.29 is 28.5 Å². The minimum Gasteiger partial charge on any atom is -0.493 e. The molecule has 42 heavy (non-hydrogen) atoms. The van der Waals surface area contributed by atoms with E-state index < -0.39 is 11.8 Å². The second kappa shape index (κ2) is 13.1. The molecule has 7 heteroatoms. The third-order valence-corrected chi connectivity index (χ3v) is 7.94. The molecule has 0 spiro atoms. The van der Waals surface area contributed by atoms with E-state index in [0.29, 0.717) is 61.0 Å². The maximum atomic E-state index is 14.0. The average Bonchev–Trinajstić information content (AvgIpc) is 3.02. The SMILES string of the molecule is CCCOC(=O)C1C(C)=NC2=C(C(=O)C[C@H](c3ccc(OC)c(OC)c3)C2)[C@@H]1c1cccc(OCc2ccccc2)c1. The van der Waals surface area contributed by atoms with Crippen LogP contribution in [0.25, 0.3) is 0 Å². The van der Waals surface area contributed by atoms with Crippen LogP contribution in [0, 0.1) is 5.92 Å². The van der Waals surface area contributed by atoms with Crippen molar-refractivity contribution in [2.24, 2.45) is 10.9 Å². The van der Waals surface area contributed by atoms with E-state index in [1.165, 1.54) is 0 Å². The van der Waals surface area contributed by atoms with Crippen LogP contribution >= 0.6 is 0 Å². The summed E-state index contributed by atoms with van der Waals surface area (Å²) in [6.45, 7) is 4.54. The molecule has 1 unspecified atom stereocenters. The van der Waals surface area contributed by atoms with Gasteiger partial charge >= 0.3 is 5.97 Å². The lowest BCUT2D eigenvalue weighted by atomic mass is 9.69. The van der Waals surface area contributed by atoms with Crippen molar-refractivity contribution in [1.29, 1.82) is 0 Å². The Labute approximate surface area is 247 Å². The van der Waals surface area contributed by atoms with Crippen molar-refractivity contribution in [1.82, 2.24) is 0 Å². The second-order valence-electron chi connectivity index (χ2n) is 10.7. The van der Waals surface area contributed by atoms with Crippen LogP contribution in [0.15, 0.2) is 89.1 Å². The summed E-state index contributed by atoms with van der Waals surface area (Å²) in [5, 5.41) is 0. The highest BCUT2D eigenvalue weighted by Gasteiger charge is 2.45. The Morgan fingerprint density at radius 2 is 1.69 bits per heavy atom. The van der Waals surface area contributed by atoms with Gasteiger partial charge in [0.15, 0.2) is 17.3 Å². The number of allylic oxidation sites excluding steroid dienone is 2. The maximum absolute atomic E-state index is 14.0. The summed E-state index contributed by atoms with van der Waals surface area (Å²) in [7, 11) is 3.20. The lowest BCUT2D eigenvalue weighted by molar-refractivity contribution is -0.146. The quantitative estimate of drug-likeness (QED) is 0.250. The van der Waals surface area contributed by atoms with Gasteiger partial charge in [0.1, 0.15) is 18.3 Å². The highest BCUT2D eigenvalue weighted by atomic mass is 16.5. The van der Waals surface area contributed by atoms with E-state index in [1.807, 2.05) is 86.6 Å². The first-order chi connectivity index (χ1) is 20.4. The fraction of sp³-hybridized carbons (Fsp3) is 0.343. The molecule has 218 valence electrons. The zero-order valence-corrected chi connectivity index (χ0v) is 24.6. The van der Waals surface area contributed by atoms with Gasteiger partial charge in [-0.2, -0.15) is 0 Å². The molecule has 0 N–H and O–H groups in total. The zero-order valence-electron chi connectivity index (χ0n) is 24.6. The first-order valence-corrected chi connectivity index (χ1v) is 14.4. The Kier molecular flexibility index (Phi) is 9.06. The van der Waals surface area contributed by atoms with Gasteiger partial charge in [-0.25, -0.2) is 0 Å². The largest absolute Gasteiger partial charge is 0.493 e. The van der Waals surface area contributed by atoms with Gasteiger partial charge in [0, 0.05) is 29.3 Å². The van der Waals surface area contributed by atoms with Gasteiger partial charge in [-0.15, -0.1) is 0 Å². The molecule has 0 radical (unpaired) electrons. The number of hydrogen-bond donors (Lipinski definition) is 0. The molecule has 1 aliphatic carbocycles. The fourth-order valence-corrected chi connectivity index (χ4v) is 5.90. The number of nitrogens with zero attached hydrogens (tertiary/aromatic N) is 1. The number of aliphatic imine (C=N–C) groups is 1. The van der Waals surface area contributed by atoms with Gasteiger partial charge in [-0.1, -0.05) is 55.5 Å². The second-order valence-corrected chi connectivity index (χ2v) is 10.7. The van der Waals surface area contributed by atoms with E-state index in [2.05, 4.69) is 0 Å². The van der Waals surface area contributed by atoms with Crippen molar-refractivity contribution >= 4 is 17.5 Å². The Morgan fingerprint density at radius 1 is 0.905 bits per heavy atom. The van der Waals surface area contributed by atoms with Crippen molar-refractivity contribution in [3.63, 3.8) is 0 Å². The highest BCUT2D eigenvalue weighted by molar-refractivity contribution is 6.09. The van der Waals surface area contributed by atoms with E-state index in [-0.39, 0.29) is 17.7 Å². The first-order valence-electron chi connectivity index (χ1n) is 14.4. The molecular weight excluding hydrogens is 530 g/mol. The summed E-state index contributed by atoms with van der Waals surface area (Å²) in [6.07, 6.45) is 1.59. The molecule has 3 aromatic rings. The van der Waals surface area contributed by atoms with Crippen LogP contribution in [0.2, 0.25) is 0 Å². The van der Waals surface area contributed by atoms with Crippen LogP contribution in [-0.4, -0.2) is 38.3 Å². The van der Waals surface area contributed by atoms with E-state index in [0.717, 1.165) is 22.4 Å². The zero-order chi connectivity index (χ0) is 29.6. The molecule has 0 amide bonds. The number of esters is 1. The van der Waals surface area contributed by atoms with Crippen LogP contribution in [0.3, 0.4) is 0 Å². The summed E-state index contributed by atoms with van der Waals surface area (Å²) in [5.41, 5.74) is 4.84. The number of carbonyl (C=O) groups excluding carboxylic acids is 2. The highest BCUT2D eigenvalue weighted by Crippen LogP contribution is 2.48. The van der Waals surface area contributed by atoms with Gasteiger partial charge in [0.25, 0.3) is 0 Å². The number of methoxy groups -OCH3 is 2. The third kappa shape index (κ3) is 6.10. The van der Waals surface area contributed by atoms with Crippen molar-refractivity contribution in [2.45, 2.75) is 51.6 Å². The van der Waals surface area contributed by atoms with Gasteiger partial charge in [0.05, 0.1) is 20.8 Å². The molecule has 3 atom stereocenters. The van der Waals surface area contributed by atoms with Crippen molar-refractivity contribution in [3.8, 4) is 17.2 Å². The summed E-state index contributed by atoms with van der Waals surface area (Å²) in [5.74, 6) is 0.277. The van der Waals surface area contributed by atoms with Crippen LogP contribution < -0.4 is 14.2 Å². The van der Waals surface area contributed by atoms with Gasteiger partial charge in [-0.05, 0) is 66.6 Å². The van der Waals surface area contributed by atoms with E-state index in [4.69, 9.17) is 23.9 Å². The maximum Gasteiger partial charge on any atom is 0.315 e. The van der Waals surface area contributed by atoms with E-state index >= 15 is 0 Å². The lowest BCUT2D eigenvalue weighted by Crippen LogP contribution is -2.38. The number of Topliss-reactive ketones (excluding diaryl/α,β-unsaturated/α-hetero) is 1. The summed E-state index contributed by atoms with van der Waals surface area (Å²) < 4.78 is 22.7. The minimum absolute atomic E-state index is 0.0128. The number of ether oxygens (including phenoxy) is 4. The van der Waals surface area contributed by atoms with Crippen LogP contribution in [0.1, 0.15) is 61.6 Å². The molecule has 1 heterocycles. The first kappa shape index (κ1) is 29.1. The standard InChI is InChI=1S/C35H37NO6/c1-5-16-41-35(38)32-22(2)36-28-18-26(24-14-15-30(39-3)31(20-24)40-4)19-29(37)34(28)33(32)25-12-9-13-27(17-25)42-21-23-10-7-6-8-11-23/h6-15,17,20,26,32-33H,5,16,18-19,21H2,1-4H3/t26-,32?,33-/m1/s1. The molecule has 0 saturated carbocycles. The van der Waals surface area contributed by atoms with Gasteiger partial charge < -0.3 is 18.9 Å². The Hall–Kier alpha value is -4.39. The summed E-state index contributed by atoms with van der Waals surface area (Å²) in [6, 6.07) is 23.4. The monoisotopic (exact) mass is 567 g/mol. The third-order valence-electron chi connectivity index (χ3n) is 7.94. The van der Waals surface area contributed by atoms with Crippen LogP contribution in [0.4, 0.5) is 0 Å². The fourth-order valence-electron chi connectivity index (χ4n) is 5.90. The Balaban J connectivity index is 1.51. The molecule has 0 aromatic heterocycles. The summed E-state index contributed by atoms with van der Waals surface area (Å²) in [4.78, 5) is 32.3. The normalized spacial score (nSPS) is 20.0. The number of carbonyl (C=O) groups is 2. The van der Waals surface area contributed by atoms with E-state index in [9.17, 15) is 9.59 Å². The number of ketones is 1. The average molecular weight is 568 g/mol. The molecule has 3 aromatic carbocycles. The van der Waals surface area contributed by atoms with Crippen LogP contribution in [0.5, 0.6) is 17.2 Å². The number of hydrogen-bond acceptors (Lipinski definition) is 7. The van der Waals surface area contributed by atoms with Crippen molar-refractivity contribution in [3.05, 3.63) is 101 Å². The summed E-state index contributed by atoms with van der Waals surface area (Å²) >= 11 is 0. The smallest absolute Gasteiger partial charge is 0.315 e. The van der Waals surface area contributed by atoms with E-state index in [1.54, 1.807) is 14.2 Å². The molecule has 0 fully saturated rings. The Morgan fingerprint density at radius 3 is 2.43 bits per heavy atom. The molecular formula is C35H37NO6. The molecule has 0 saturated heterocycles. The topological polar surface area (TPSA) is 83.4 Å². The number of rotatable bonds is 10. The predicted molar refractivity (Wildman–Crippen MR) is 161 cm³/mol. The molecule has 0 bridgehead atoms. The van der Waals surface area contributed by atoms with Crippen molar-refractivity contribution in [2.75, 3.05) is 20.8 Å². The molecule has 5 rings (SSSR count). The number of benzene rings is 3. The Bertz CT molecular complexity index is 1510. The minimum atomic E-state index is -0.693. The van der Waals surface area contributed by atoms with Gasteiger partial charge in [0.2, 0.25) is 0 Å². The molecule has 7 nitrogen and oxygen atoms in total. The predicted octanol–water partition coefficient (Wildman–Crippen LogP) is 6.81. The van der Waals surface area contributed by atoms with Gasteiger partial charge in [-0.3, -0.25) is 14.6 Å². The molecule has 1 aliphatic heterocycles.